The van der Waals surface area contributed by atoms with E-state index in [1.165, 1.54) is 14.2 Å². The monoisotopic (exact) mass is 370 g/mol. The molecular formula is C16H22N2O4S2. The first-order valence-electron chi connectivity index (χ1n) is 7.61. The van der Waals surface area contributed by atoms with Crippen molar-refractivity contribution in [3.05, 3.63) is 22.7 Å². The number of thiocarbonyl (C=S) groups is 1. The summed E-state index contributed by atoms with van der Waals surface area (Å²) in [4.78, 5) is 29.3. The van der Waals surface area contributed by atoms with E-state index in [0.29, 0.717) is 17.7 Å². The van der Waals surface area contributed by atoms with Crippen molar-refractivity contribution in [3.8, 4) is 0 Å². The van der Waals surface area contributed by atoms with E-state index in [1.54, 1.807) is 18.7 Å². The third-order valence-electron chi connectivity index (χ3n) is 4.28. The van der Waals surface area contributed by atoms with Crippen LogP contribution in [0.1, 0.15) is 6.92 Å². The van der Waals surface area contributed by atoms with Crippen LogP contribution in [0.3, 0.4) is 0 Å². The minimum atomic E-state index is -0.286. The second kappa shape index (κ2) is 8.13. The van der Waals surface area contributed by atoms with Gasteiger partial charge in [0, 0.05) is 43.9 Å². The molecule has 0 aromatic heterocycles. The van der Waals surface area contributed by atoms with Gasteiger partial charge >= 0.3 is 0 Å². The number of ether oxygens (including phenoxy) is 2. The van der Waals surface area contributed by atoms with Crippen LogP contribution < -0.4 is 0 Å². The van der Waals surface area contributed by atoms with Gasteiger partial charge < -0.3 is 14.4 Å². The maximum absolute atomic E-state index is 12.6. The summed E-state index contributed by atoms with van der Waals surface area (Å²) in [6.07, 6.45) is 1.97. The summed E-state index contributed by atoms with van der Waals surface area (Å²) in [5, 5.41) is 0. The summed E-state index contributed by atoms with van der Waals surface area (Å²) in [7, 11) is 2.74. The van der Waals surface area contributed by atoms with E-state index < -0.39 is 0 Å². The van der Waals surface area contributed by atoms with E-state index in [-0.39, 0.29) is 23.1 Å². The molecule has 132 valence electrons. The molecule has 0 aromatic carbocycles. The molecule has 1 saturated heterocycles. The molecular weight excluding hydrogens is 348 g/mol. The first-order chi connectivity index (χ1) is 11.4. The lowest BCUT2D eigenvalue weighted by molar-refractivity contribution is -0.121. The summed E-state index contributed by atoms with van der Waals surface area (Å²) >= 11 is 6.88. The van der Waals surface area contributed by atoms with Crippen LogP contribution in [0.5, 0.6) is 0 Å². The predicted octanol–water partition coefficient (Wildman–Crippen LogP) is 1.22. The van der Waals surface area contributed by atoms with E-state index in [9.17, 15) is 9.59 Å². The van der Waals surface area contributed by atoms with Crippen LogP contribution in [0.4, 0.5) is 0 Å². The van der Waals surface area contributed by atoms with Gasteiger partial charge in [-0.3, -0.25) is 14.5 Å². The molecule has 24 heavy (non-hydrogen) atoms. The molecule has 2 aliphatic rings. The van der Waals surface area contributed by atoms with Gasteiger partial charge in [-0.2, -0.15) is 0 Å². The van der Waals surface area contributed by atoms with E-state index in [0.717, 1.165) is 30.5 Å². The largest absolute Gasteiger partial charge is 0.489 e. The molecule has 0 aromatic rings. The highest BCUT2D eigenvalue weighted by molar-refractivity contribution is 8.22. The van der Waals surface area contributed by atoms with Crippen LogP contribution in [0.2, 0.25) is 0 Å². The molecule has 0 N–H and O–H groups in total. The van der Waals surface area contributed by atoms with Crippen LogP contribution in [0, 0.1) is 0 Å². The number of piperazine rings is 1. The number of nitrogens with zero attached hydrogens (tertiary/aromatic N) is 2. The Bertz CT molecular complexity index is 620. The molecule has 1 fully saturated rings. The van der Waals surface area contributed by atoms with Crippen molar-refractivity contribution >= 4 is 39.9 Å². The predicted molar refractivity (Wildman–Crippen MR) is 97.9 cm³/mol. The fraction of sp³-hybridized carbons (Fsp3) is 0.562. The van der Waals surface area contributed by atoms with E-state index in [4.69, 9.17) is 21.7 Å². The van der Waals surface area contributed by atoms with Crippen molar-refractivity contribution in [2.75, 3.05) is 53.2 Å². The Morgan fingerprint density at radius 3 is 2.12 bits per heavy atom. The zero-order valence-corrected chi connectivity index (χ0v) is 16.0. The van der Waals surface area contributed by atoms with Gasteiger partial charge in [0.25, 0.3) is 0 Å². The standard InChI is InChI=1S/C16H22N2O4S2/c1-10-11(13(20)15(22-3)14(21-2)12(10)19)9-17-5-7-18(8-6-17)16(23)24-4/h5-9H2,1-4H3. The van der Waals surface area contributed by atoms with Crippen LogP contribution in [0.25, 0.3) is 0 Å². The zero-order valence-electron chi connectivity index (χ0n) is 14.4. The summed E-state index contributed by atoms with van der Waals surface area (Å²) < 4.78 is 11.1. The summed E-state index contributed by atoms with van der Waals surface area (Å²) in [5.41, 5.74) is 0.915. The second-order valence-electron chi connectivity index (χ2n) is 5.56. The Labute approximate surface area is 151 Å². The molecule has 1 aliphatic heterocycles. The SMILES string of the molecule is COC1=C(OC)C(=O)C(CN2CCN(C(=S)SC)CC2)=C(C)C1=O. The quantitative estimate of drug-likeness (QED) is 0.541. The minimum absolute atomic E-state index is 0.00898. The lowest BCUT2D eigenvalue weighted by Gasteiger charge is -2.36. The Hall–Kier alpha value is -1.38. The lowest BCUT2D eigenvalue weighted by atomic mass is 9.92. The second-order valence-corrected chi connectivity index (χ2v) is 7.00. The highest BCUT2D eigenvalue weighted by Crippen LogP contribution is 2.26. The Morgan fingerprint density at radius 1 is 1.08 bits per heavy atom. The highest BCUT2D eigenvalue weighted by Gasteiger charge is 2.35. The Kier molecular flexibility index (Phi) is 6.42. The normalized spacial score (nSPS) is 19.9. The number of methoxy groups -OCH3 is 2. The third-order valence-corrected chi connectivity index (χ3v) is 5.65. The number of Topliss-reactive ketones (excluding diaryl/α,β-unsaturated/α-hetero) is 2. The van der Waals surface area contributed by atoms with Crippen LogP contribution in [0.15, 0.2) is 22.7 Å². The molecule has 0 saturated carbocycles. The molecule has 0 amide bonds. The zero-order chi connectivity index (χ0) is 17.9. The van der Waals surface area contributed by atoms with Crippen LogP contribution in [-0.4, -0.2) is 78.9 Å². The topological polar surface area (TPSA) is 59.1 Å². The number of allylic oxidation sites excluding steroid dienone is 2. The van der Waals surface area contributed by atoms with E-state index in [1.807, 2.05) is 6.26 Å². The molecule has 0 radical (unpaired) electrons. The molecule has 6 nitrogen and oxygen atoms in total. The third kappa shape index (κ3) is 3.65. The Morgan fingerprint density at radius 2 is 1.62 bits per heavy atom. The maximum Gasteiger partial charge on any atom is 0.229 e. The van der Waals surface area contributed by atoms with Gasteiger partial charge in [0.15, 0.2) is 0 Å². The molecule has 2 rings (SSSR count). The van der Waals surface area contributed by atoms with Gasteiger partial charge in [0.2, 0.25) is 23.1 Å². The number of ketones is 2. The molecule has 0 atom stereocenters. The average molecular weight is 370 g/mol. The van der Waals surface area contributed by atoms with Gasteiger partial charge in [0.05, 0.1) is 14.2 Å². The minimum Gasteiger partial charge on any atom is -0.489 e. The van der Waals surface area contributed by atoms with Gasteiger partial charge in [-0.25, -0.2) is 0 Å². The summed E-state index contributed by atoms with van der Waals surface area (Å²) in [6, 6.07) is 0. The average Bonchev–Trinajstić information content (AvgIpc) is 2.61. The number of carbonyl (C=O) groups excluding carboxylic acids is 2. The van der Waals surface area contributed by atoms with Gasteiger partial charge in [-0.05, 0) is 13.2 Å². The van der Waals surface area contributed by atoms with Crippen molar-refractivity contribution in [2.24, 2.45) is 0 Å². The number of rotatable bonds is 4. The maximum atomic E-state index is 12.6. The van der Waals surface area contributed by atoms with Crippen molar-refractivity contribution in [1.29, 1.82) is 0 Å². The first-order valence-corrected chi connectivity index (χ1v) is 9.24. The smallest absolute Gasteiger partial charge is 0.229 e. The molecule has 1 aliphatic carbocycles. The summed E-state index contributed by atoms with van der Waals surface area (Å²) in [5.74, 6) is -0.580. The fourth-order valence-electron chi connectivity index (χ4n) is 2.82. The first kappa shape index (κ1) is 19.0. The van der Waals surface area contributed by atoms with Crippen LogP contribution in [-0.2, 0) is 19.1 Å². The van der Waals surface area contributed by atoms with Gasteiger partial charge in [-0.1, -0.05) is 12.2 Å². The van der Waals surface area contributed by atoms with Gasteiger partial charge in [-0.15, -0.1) is 11.8 Å². The molecule has 0 unspecified atom stereocenters. The number of hydrogen-bond acceptors (Lipinski definition) is 7. The molecule has 1 heterocycles. The molecule has 0 spiro atoms. The van der Waals surface area contributed by atoms with E-state index >= 15 is 0 Å². The van der Waals surface area contributed by atoms with Crippen molar-refractivity contribution in [3.63, 3.8) is 0 Å². The van der Waals surface area contributed by atoms with Crippen molar-refractivity contribution in [1.82, 2.24) is 9.80 Å². The van der Waals surface area contributed by atoms with Crippen LogP contribution >= 0.6 is 24.0 Å². The number of thioether (sulfide) groups is 1. The number of hydrogen-bond donors (Lipinski definition) is 0. The number of carbonyl (C=O) groups is 2. The van der Waals surface area contributed by atoms with Crippen molar-refractivity contribution in [2.45, 2.75) is 6.92 Å². The summed E-state index contributed by atoms with van der Waals surface area (Å²) in [6.45, 7) is 5.33. The lowest BCUT2D eigenvalue weighted by Crippen LogP contribution is -2.48. The molecule has 8 heteroatoms. The van der Waals surface area contributed by atoms with Crippen molar-refractivity contribution < 1.29 is 19.1 Å². The van der Waals surface area contributed by atoms with E-state index in [2.05, 4.69) is 9.80 Å². The Balaban J connectivity index is 2.10. The fourth-order valence-corrected chi connectivity index (χ4v) is 3.45. The molecule has 0 bridgehead atoms. The van der Waals surface area contributed by atoms with Gasteiger partial charge in [0.1, 0.15) is 4.32 Å². The highest BCUT2D eigenvalue weighted by atomic mass is 32.2.